The zero-order valence-corrected chi connectivity index (χ0v) is 7.08. The van der Waals surface area contributed by atoms with E-state index in [1.54, 1.807) is 6.92 Å². The van der Waals surface area contributed by atoms with Crippen molar-refractivity contribution in [1.82, 2.24) is 9.80 Å². The first-order valence-electron chi connectivity index (χ1n) is 3.73. The molecule has 0 aromatic rings. The Morgan fingerprint density at radius 3 is 2.69 bits per heavy atom. The molecule has 13 heavy (non-hydrogen) atoms. The summed E-state index contributed by atoms with van der Waals surface area (Å²) in [6, 6.07) is -0.825. The Labute approximate surface area is 74.5 Å². The number of hydrogen-bond acceptors (Lipinski definition) is 4. The average Bonchev–Trinajstić information content (AvgIpc) is 2.46. The Balaban J connectivity index is 2.84. The standard InChI is InChI=1S/C6H10N4O3/c1-2-8-3-4-9(5(7)11)6(8)10(12)13/h3-4,6H,2H2,1H3,(H2,7,11). The third kappa shape index (κ3) is 1.53. The zero-order valence-electron chi connectivity index (χ0n) is 7.08. The maximum absolute atomic E-state index is 10.7. The van der Waals surface area contributed by atoms with Gasteiger partial charge in [-0.3, -0.25) is 15.0 Å². The van der Waals surface area contributed by atoms with Crippen LogP contribution in [0.25, 0.3) is 0 Å². The van der Waals surface area contributed by atoms with Crippen LogP contribution in [0.3, 0.4) is 0 Å². The highest BCUT2D eigenvalue weighted by Gasteiger charge is 2.38. The normalized spacial score (nSPS) is 20.8. The van der Waals surface area contributed by atoms with Crippen molar-refractivity contribution in [3.63, 3.8) is 0 Å². The van der Waals surface area contributed by atoms with E-state index in [-0.39, 0.29) is 0 Å². The molecule has 72 valence electrons. The smallest absolute Gasteiger partial charge is 0.351 e. The van der Waals surface area contributed by atoms with Gasteiger partial charge in [0.15, 0.2) is 0 Å². The van der Waals surface area contributed by atoms with E-state index in [9.17, 15) is 14.9 Å². The summed E-state index contributed by atoms with van der Waals surface area (Å²) in [7, 11) is 0. The molecule has 0 aliphatic carbocycles. The van der Waals surface area contributed by atoms with E-state index in [4.69, 9.17) is 5.73 Å². The Morgan fingerprint density at radius 2 is 2.31 bits per heavy atom. The first-order valence-corrected chi connectivity index (χ1v) is 3.73. The van der Waals surface area contributed by atoms with Crippen molar-refractivity contribution in [3.05, 3.63) is 22.5 Å². The van der Waals surface area contributed by atoms with E-state index in [0.29, 0.717) is 6.54 Å². The second-order valence-electron chi connectivity index (χ2n) is 2.51. The van der Waals surface area contributed by atoms with Crippen molar-refractivity contribution in [3.8, 4) is 0 Å². The summed E-state index contributed by atoms with van der Waals surface area (Å²) in [6.45, 7) is 2.21. The van der Waals surface area contributed by atoms with Gasteiger partial charge in [0.2, 0.25) is 0 Å². The molecule has 0 spiro atoms. The third-order valence-electron chi connectivity index (χ3n) is 1.77. The minimum absolute atomic E-state index is 0.450. The molecular formula is C6H10N4O3. The van der Waals surface area contributed by atoms with E-state index < -0.39 is 17.2 Å². The van der Waals surface area contributed by atoms with Crippen molar-refractivity contribution in [2.45, 2.75) is 13.2 Å². The molecule has 7 nitrogen and oxygen atoms in total. The fourth-order valence-electron chi connectivity index (χ4n) is 1.15. The first-order chi connectivity index (χ1) is 6.07. The van der Waals surface area contributed by atoms with Crippen LogP contribution < -0.4 is 5.73 Å². The van der Waals surface area contributed by atoms with Crippen molar-refractivity contribution >= 4 is 6.03 Å². The highest BCUT2D eigenvalue weighted by atomic mass is 16.6. The number of primary amides is 1. The predicted molar refractivity (Wildman–Crippen MR) is 43.7 cm³/mol. The Hall–Kier alpha value is -1.79. The van der Waals surface area contributed by atoms with Gasteiger partial charge in [-0.15, -0.1) is 0 Å². The van der Waals surface area contributed by atoms with Crippen molar-refractivity contribution in [2.24, 2.45) is 5.73 Å². The molecule has 1 atom stereocenters. The molecule has 7 heteroatoms. The molecule has 0 fully saturated rings. The van der Waals surface area contributed by atoms with E-state index in [2.05, 4.69) is 0 Å². The van der Waals surface area contributed by atoms with Crippen LogP contribution in [-0.4, -0.2) is 33.6 Å². The molecule has 0 saturated carbocycles. The topological polar surface area (TPSA) is 92.7 Å². The molecule has 1 aliphatic rings. The Kier molecular flexibility index (Phi) is 2.36. The van der Waals surface area contributed by atoms with Gasteiger partial charge >= 0.3 is 12.3 Å². The number of nitrogens with zero attached hydrogens (tertiary/aromatic N) is 3. The SMILES string of the molecule is CCN1C=CN(C(N)=O)C1[N+](=O)[O-]. The van der Waals surface area contributed by atoms with E-state index in [0.717, 1.165) is 4.90 Å². The number of amides is 2. The number of nitrogens with two attached hydrogens (primary N) is 1. The number of carbonyl (C=O) groups excluding carboxylic acids is 1. The molecule has 1 rings (SSSR count). The van der Waals surface area contributed by atoms with Crippen LogP contribution in [0, 0.1) is 10.1 Å². The molecular weight excluding hydrogens is 176 g/mol. The van der Waals surface area contributed by atoms with Crippen LogP contribution in [0.1, 0.15) is 6.92 Å². The average molecular weight is 186 g/mol. The minimum atomic E-state index is -1.19. The molecule has 1 aliphatic heterocycles. The molecule has 0 radical (unpaired) electrons. The molecule has 0 aromatic heterocycles. The minimum Gasteiger partial charge on any atom is -0.351 e. The van der Waals surface area contributed by atoms with Crippen molar-refractivity contribution in [1.29, 1.82) is 0 Å². The zero-order chi connectivity index (χ0) is 10.0. The predicted octanol–water partition coefficient (Wildman–Crippen LogP) is -0.266. The van der Waals surface area contributed by atoms with Crippen LogP contribution in [0.4, 0.5) is 4.79 Å². The quantitative estimate of drug-likeness (QED) is 0.474. The first kappa shape index (κ1) is 9.30. The largest absolute Gasteiger partial charge is 0.375 e. The van der Waals surface area contributed by atoms with E-state index in [1.807, 2.05) is 0 Å². The molecule has 0 aromatic carbocycles. The Bertz CT molecular complexity index is 265. The van der Waals surface area contributed by atoms with Crippen LogP contribution >= 0.6 is 0 Å². The molecule has 0 saturated heterocycles. The maximum Gasteiger partial charge on any atom is 0.375 e. The molecule has 0 bridgehead atoms. The number of hydrogen-bond donors (Lipinski definition) is 1. The second kappa shape index (κ2) is 3.30. The second-order valence-corrected chi connectivity index (χ2v) is 2.51. The summed E-state index contributed by atoms with van der Waals surface area (Å²) < 4.78 is 0. The van der Waals surface area contributed by atoms with Gasteiger partial charge < -0.3 is 5.73 Å². The lowest BCUT2D eigenvalue weighted by atomic mass is 10.6. The third-order valence-corrected chi connectivity index (χ3v) is 1.77. The lowest BCUT2D eigenvalue weighted by Crippen LogP contribution is -2.48. The molecule has 1 heterocycles. The highest BCUT2D eigenvalue weighted by Crippen LogP contribution is 2.15. The fourth-order valence-corrected chi connectivity index (χ4v) is 1.15. The van der Waals surface area contributed by atoms with Gasteiger partial charge in [0.25, 0.3) is 0 Å². The summed E-state index contributed by atoms with van der Waals surface area (Å²) in [4.78, 5) is 23.0. The monoisotopic (exact) mass is 186 g/mol. The number of carbonyl (C=O) groups is 1. The molecule has 2 amide bonds. The van der Waals surface area contributed by atoms with Crippen molar-refractivity contribution < 1.29 is 9.72 Å². The summed E-state index contributed by atoms with van der Waals surface area (Å²) in [6.07, 6.45) is 1.58. The maximum atomic E-state index is 10.7. The van der Waals surface area contributed by atoms with Gasteiger partial charge in [-0.1, -0.05) is 0 Å². The van der Waals surface area contributed by atoms with Gasteiger partial charge in [-0.25, -0.2) is 9.69 Å². The van der Waals surface area contributed by atoms with Crippen LogP contribution in [0.5, 0.6) is 0 Å². The highest BCUT2D eigenvalue weighted by molar-refractivity contribution is 5.73. The van der Waals surface area contributed by atoms with Crippen molar-refractivity contribution in [2.75, 3.05) is 6.54 Å². The van der Waals surface area contributed by atoms with Crippen LogP contribution in [0.15, 0.2) is 12.4 Å². The van der Waals surface area contributed by atoms with Gasteiger partial charge in [0, 0.05) is 18.9 Å². The number of urea groups is 1. The van der Waals surface area contributed by atoms with Gasteiger partial charge in [-0.2, -0.15) is 0 Å². The van der Waals surface area contributed by atoms with Crippen LogP contribution in [0.2, 0.25) is 0 Å². The van der Waals surface area contributed by atoms with Gasteiger partial charge in [0.05, 0.1) is 4.92 Å². The summed E-state index contributed by atoms with van der Waals surface area (Å²) in [5.74, 6) is 0. The van der Waals surface area contributed by atoms with E-state index in [1.165, 1.54) is 17.3 Å². The lowest BCUT2D eigenvalue weighted by Gasteiger charge is -2.21. The summed E-state index contributed by atoms with van der Waals surface area (Å²) in [5, 5.41) is 10.6. The lowest BCUT2D eigenvalue weighted by molar-refractivity contribution is -0.564. The number of nitro groups is 1. The molecule has 1 unspecified atom stereocenters. The fraction of sp³-hybridized carbons (Fsp3) is 0.500. The van der Waals surface area contributed by atoms with Gasteiger partial charge in [-0.05, 0) is 6.92 Å². The Morgan fingerprint density at radius 1 is 1.69 bits per heavy atom. The van der Waals surface area contributed by atoms with Gasteiger partial charge in [0.1, 0.15) is 0 Å². The van der Waals surface area contributed by atoms with E-state index >= 15 is 0 Å². The van der Waals surface area contributed by atoms with Crippen LogP contribution in [-0.2, 0) is 0 Å². The number of rotatable bonds is 2. The summed E-state index contributed by atoms with van der Waals surface area (Å²) in [5.41, 5.74) is 4.95. The molecule has 2 N–H and O–H groups in total. The summed E-state index contributed by atoms with van der Waals surface area (Å²) >= 11 is 0.